The minimum atomic E-state index is -3.41. The minimum Gasteiger partial charge on any atom is -0.356 e. The number of piperidine rings is 1. The molecule has 0 saturated carbocycles. The molecular formula is C19H23ClN2O3S2. The van der Waals surface area contributed by atoms with E-state index in [2.05, 4.69) is 5.32 Å². The van der Waals surface area contributed by atoms with Gasteiger partial charge in [-0.05, 0) is 54.8 Å². The molecule has 2 aromatic rings. The molecule has 1 aliphatic rings. The molecule has 0 unspecified atom stereocenters. The molecule has 0 radical (unpaired) electrons. The second-order valence-electron chi connectivity index (χ2n) is 6.63. The first-order chi connectivity index (χ1) is 13.0. The molecule has 1 aromatic heterocycles. The third-order valence-electron chi connectivity index (χ3n) is 4.77. The highest BCUT2D eigenvalue weighted by molar-refractivity contribution is 7.91. The van der Waals surface area contributed by atoms with Crippen molar-refractivity contribution < 1.29 is 13.2 Å². The van der Waals surface area contributed by atoms with Crippen LogP contribution in [0.4, 0.5) is 0 Å². The fourth-order valence-electron chi connectivity index (χ4n) is 3.20. The summed E-state index contributed by atoms with van der Waals surface area (Å²) in [5.74, 6) is -0.0883. The Labute approximate surface area is 169 Å². The molecule has 1 N–H and O–H groups in total. The van der Waals surface area contributed by atoms with Crippen LogP contribution < -0.4 is 5.32 Å². The molecule has 0 bridgehead atoms. The summed E-state index contributed by atoms with van der Waals surface area (Å²) in [7, 11) is -3.41. The van der Waals surface area contributed by atoms with Crippen LogP contribution in [-0.2, 0) is 21.2 Å². The van der Waals surface area contributed by atoms with Crippen LogP contribution in [0.1, 0.15) is 24.8 Å². The number of rotatable bonds is 7. The van der Waals surface area contributed by atoms with Gasteiger partial charge in [0.25, 0.3) is 10.0 Å². The van der Waals surface area contributed by atoms with Gasteiger partial charge in [0.15, 0.2) is 0 Å². The number of thiophene rings is 1. The third-order valence-corrected chi connectivity index (χ3v) is 8.29. The molecule has 1 fully saturated rings. The maximum absolute atomic E-state index is 12.5. The van der Waals surface area contributed by atoms with Gasteiger partial charge >= 0.3 is 0 Å². The largest absolute Gasteiger partial charge is 0.356 e. The lowest BCUT2D eigenvalue weighted by Gasteiger charge is -2.30. The maximum Gasteiger partial charge on any atom is 0.252 e. The summed E-state index contributed by atoms with van der Waals surface area (Å²) < 4.78 is 26.9. The predicted octanol–water partition coefficient (Wildman–Crippen LogP) is 3.55. The van der Waals surface area contributed by atoms with Gasteiger partial charge in [-0.3, -0.25) is 4.79 Å². The molecule has 0 aliphatic carbocycles. The average Bonchev–Trinajstić information content (AvgIpc) is 3.22. The van der Waals surface area contributed by atoms with Crippen molar-refractivity contribution >= 4 is 38.9 Å². The lowest BCUT2D eigenvalue weighted by molar-refractivity contribution is -0.126. The highest BCUT2D eigenvalue weighted by atomic mass is 35.5. The second kappa shape index (κ2) is 9.19. The van der Waals surface area contributed by atoms with E-state index in [1.54, 1.807) is 17.5 Å². The normalized spacial score (nSPS) is 16.3. The van der Waals surface area contributed by atoms with Gasteiger partial charge < -0.3 is 5.32 Å². The molecule has 1 saturated heterocycles. The van der Waals surface area contributed by atoms with E-state index < -0.39 is 10.0 Å². The number of hydrogen-bond donors (Lipinski definition) is 1. The van der Waals surface area contributed by atoms with Crippen LogP contribution in [0.25, 0.3) is 0 Å². The zero-order valence-corrected chi connectivity index (χ0v) is 17.3. The average molecular weight is 427 g/mol. The fraction of sp³-hybridized carbons (Fsp3) is 0.421. The van der Waals surface area contributed by atoms with Gasteiger partial charge in [0.1, 0.15) is 4.21 Å². The monoisotopic (exact) mass is 426 g/mol. The molecule has 2 heterocycles. The van der Waals surface area contributed by atoms with Crippen molar-refractivity contribution in [1.29, 1.82) is 0 Å². The lowest BCUT2D eigenvalue weighted by Crippen LogP contribution is -2.43. The Balaban J connectivity index is 1.40. The molecule has 0 atom stereocenters. The van der Waals surface area contributed by atoms with Crippen molar-refractivity contribution in [2.45, 2.75) is 29.9 Å². The van der Waals surface area contributed by atoms with Crippen LogP contribution >= 0.6 is 22.9 Å². The van der Waals surface area contributed by atoms with Crippen molar-refractivity contribution in [2.24, 2.45) is 5.92 Å². The van der Waals surface area contributed by atoms with E-state index in [0.717, 1.165) is 17.9 Å². The van der Waals surface area contributed by atoms with Crippen molar-refractivity contribution in [3.8, 4) is 0 Å². The first-order valence-electron chi connectivity index (χ1n) is 9.02. The number of aryl methyl sites for hydroxylation is 1. The summed E-state index contributed by atoms with van der Waals surface area (Å²) in [6.45, 7) is 1.40. The Morgan fingerprint density at radius 3 is 2.52 bits per heavy atom. The lowest BCUT2D eigenvalue weighted by atomic mass is 9.97. The van der Waals surface area contributed by atoms with Gasteiger partial charge in [0, 0.05) is 30.6 Å². The second-order valence-corrected chi connectivity index (χ2v) is 10.2. The molecule has 8 heteroatoms. The van der Waals surface area contributed by atoms with E-state index in [9.17, 15) is 13.2 Å². The van der Waals surface area contributed by atoms with Gasteiger partial charge in [-0.15, -0.1) is 11.3 Å². The molecule has 27 heavy (non-hydrogen) atoms. The molecule has 146 valence electrons. The number of nitrogens with zero attached hydrogens (tertiary/aromatic N) is 1. The Kier molecular flexibility index (Phi) is 6.92. The van der Waals surface area contributed by atoms with E-state index in [1.165, 1.54) is 21.2 Å². The van der Waals surface area contributed by atoms with Crippen molar-refractivity contribution in [3.63, 3.8) is 0 Å². The molecule has 1 aliphatic heterocycles. The summed E-state index contributed by atoms with van der Waals surface area (Å²) in [4.78, 5) is 12.3. The Hall–Kier alpha value is -1.41. The minimum absolute atomic E-state index is 0.0271. The summed E-state index contributed by atoms with van der Waals surface area (Å²) >= 11 is 7.10. The zero-order chi connectivity index (χ0) is 19.3. The summed E-state index contributed by atoms with van der Waals surface area (Å²) in [6.07, 6.45) is 2.87. The maximum atomic E-state index is 12.5. The first kappa shape index (κ1) is 20.3. The van der Waals surface area contributed by atoms with Crippen molar-refractivity contribution in [2.75, 3.05) is 19.6 Å². The summed E-state index contributed by atoms with van der Waals surface area (Å²) in [6, 6.07) is 11.1. The van der Waals surface area contributed by atoms with E-state index in [0.29, 0.717) is 36.7 Å². The Morgan fingerprint density at radius 1 is 1.19 bits per heavy atom. The third kappa shape index (κ3) is 5.31. The van der Waals surface area contributed by atoms with Gasteiger partial charge in [-0.2, -0.15) is 4.31 Å². The Morgan fingerprint density at radius 2 is 1.89 bits per heavy atom. The standard InChI is InChI=1S/C19H23ClN2O3S2/c20-17-7-5-15(6-8-17)3-1-11-21-19(23)16-9-12-22(13-10-16)27(24,25)18-4-2-14-26-18/h2,4-8,14,16H,1,3,9-13H2,(H,21,23). The smallest absolute Gasteiger partial charge is 0.252 e. The van der Waals surface area contributed by atoms with Gasteiger partial charge in [-0.1, -0.05) is 29.8 Å². The SMILES string of the molecule is O=C(NCCCc1ccc(Cl)cc1)C1CCN(S(=O)(=O)c2cccs2)CC1. The van der Waals surface area contributed by atoms with Crippen LogP contribution in [0.2, 0.25) is 5.02 Å². The number of sulfonamides is 1. The molecule has 3 rings (SSSR count). The Bertz CT molecular complexity index is 844. The molecule has 1 aromatic carbocycles. The van der Waals surface area contributed by atoms with Crippen molar-refractivity contribution in [3.05, 3.63) is 52.4 Å². The van der Waals surface area contributed by atoms with E-state index in [1.807, 2.05) is 24.3 Å². The van der Waals surface area contributed by atoms with E-state index in [-0.39, 0.29) is 11.8 Å². The quantitative estimate of drug-likeness (QED) is 0.688. The van der Waals surface area contributed by atoms with Gasteiger partial charge in [-0.25, -0.2) is 8.42 Å². The number of hydrogen-bond acceptors (Lipinski definition) is 4. The summed E-state index contributed by atoms with van der Waals surface area (Å²) in [5.41, 5.74) is 1.20. The van der Waals surface area contributed by atoms with Gasteiger partial charge in [0.05, 0.1) is 0 Å². The number of amides is 1. The zero-order valence-electron chi connectivity index (χ0n) is 14.9. The number of halogens is 1. The van der Waals surface area contributed by atoms with Crippen LogP contribution in [0.5, 0.6) is 0 Å². The first-order valence-corrected chi connectivity index (χ1v) is 11.7. The number of carbonyl (C=O) groups is 1. The highest BCUT2D eigenvalue weighted by Crippen LogP contribution is 2.26. The topological polar surface area (TPSA) is 66.5 Å². The van der Waals surface area contributed by atoms with Crippen LogP contribution in [-0.4, -0.2) is 38.3 Å². The van der Waals surface area contributed by atoms with Crippen LogP contribution in [0.3, 0.4) is 0 Å². The van der Waals surface area contributed by atoms with E-state index in [4.69, 9.17) is 11.6 Å². The van der Waals surface area contributed by atoms with Crippen molar-refractivity contribution in [1.82, 2.24) is 9.62 Å². The number of benzene rings is 1. The van der Waals surface area contributed by atoms with Crippen LogP contribution in [0, 0.1) is 5.92 Å². The molecule has 1 amide bonds. The number of nitrogens with one attached hydrogen (secondary N) is 1. The predicted molar refractivity (Wildman–Crippen MR) is 109 cm³/mol. The number of carbonyl (C=O) groups excluding carboxylic acids is 1. The summed E-state index contributed by atoms with van der Waals surface area (Å²) in [5, 5.41) is 5.47. The highest BCUT2D eigenvalue weighted by Gasteiger charge is 2.32. The molecular weight excluding hydrogens is 404 g/mol. The van der Waals surface area contributed by atoms with Crippen LogP contribution in [0.15, 0.2) is 46.0 Å². The molecule has 5 nitrogen and oxygen atoms in total. The molecule has 0 spiro atoms. The van der Waals surface area contributed by atoms with Gasteiger partial charge in [0.2, 0.25) is 5.91 Å². The van der Waals surface area contributed by atoms with E-state index >= 15 is 0 Å². The fourth-order valence-corrected chi connectivity index (χ4v) is 5.94.